The van der Waals surface area contributed by atoms with Gasteiger partial charge in [-0.15, -0.1) is 0 Å². The fourth-order valence-corrected chi connectivity index (χ4v) is 2.03. The zero-order valence-corrected chi connectivity index (χ0v) is 12.5. The molecule has 0 radical (unpaired) electrons. The Hall–Kier alpha value is -1.63. The lowest BCUT2D eigenvalue weighted by molar-refractivity contribution is 0.0950. The van der Waals surface area contributed by atoms with E-state index in [2.05, 4.69) is 32.9 Å². The summed E-state index contributed by atoms with van der Waals surface area (Å²) in [4.78, 5) is 15.7. The van der Waals surface area contributed by atoms with Crippen molar-refractivity contribution in [1.82, 2.24) is 10.3 Å². The molecule has 0 spiro atoms. The number of rotatable bonds is 4. The number of pyridine rings is 1. The molecule has 1 amide bonds. The van der Waals surface area contributed by atoms with Crippen molar-refractivity contribution in [3.8, 4) is 11.5 Å². The van der Waals surface area contributed by atoms with Gasteiger partial charge in [0.1, 0.15) is 17.2 Å². The minimum atomic E-state index is -0.199. The van der Waals surface area contributed by atoms with Crippen molar-refractivity contribution in [2.75, 3.05) is 6.54 Å². The van der Waals surface area contributed by atoms with E-state index in [4.69, 9.17) is 4.74 Å². The smallest absolute Gasteiger partial charge is 0.270 e. The van der Waals surface area contributed by atoms with Crippen LogP contribution in [-0.4, -0.2) is 17.4 Å². The molecule has 0 saturated heterocycles. The molecule has 1 heterocycles. The van der Waals surface area contributed by atoms with Crippen molar-refractivity contribution in [3.05, 3.63) is 51.9 Å². The maximum absolute atomic E-state index is 11.7. The van der Waals surface area contributed by atoms with Crippen molar-refractivity contribution in [2.45, 2.75) is 6.92 Å². The molecule has 0 aliphatic carbocycles. The van der Waals surface area contributed by atoms with E-state index in [-0.39, 0.29) is 5.91 Å². The fourth-order valence-electron chi connectivity index (χ4n) is 1.52. The molecule has 0 aliphatic rings. The number of benzene rings is 1. The number of carbonyl (C=O) groups excluding carboxylic acids is 1. The SMILES string of the molecule is CCNC(=O)c1cc(Oc2cccc(I)c2)ccn1. The maximum atomic E-state index is 11.7. The lowest BCUT2D eigenvalue weighted by Gasteiger charge is -2.07. The molecular formula is C14H13IN2O2. The van der Waals surface area contributed by atoms with Crippen LogP contribution in [0.2, 0.25) is 0 Å². The van der Waals surface area contributed by atoms with Crippen LogP contribution in [0.5, 0.6) is 11.5 Å². The van der Waals surface area contributed by atoms with Gasteiger partial charge in [-0.1, -0.05) is 6.07 Å². The lowest BCUT2D eigenvalue weighted by atomic mass is 10.3. The van der Waals surface area contributed by atoms with Gasteiger partial charge >= 0.3 is 0 Å². The molecule has 4 nitrogen and oxygen atoms in total. The summed E-state index contributed by atoms with van der Waals surface area (Å²) >= 11 is 2.22. The minimum absolute atomic E-state index is 0.199. The molecule has 98 valence electrons. The Labute approximate surface area is 125 Å². The van der Waals surface area contributed by atoms with Gasteiger partial charge in [-0.25, -0.2) is 0 Å². The Balaban J connectivity index is 2.17. The molecule has 0 saturated carbocycles. The minimum Gasteiger partial charge on any atom is -0.457 e. The van der Waals surface area contributed by atoms with Crippen LogP contribution in [-0.2, 0) is 0 Å². The summed E-state index contributed by atoms with van der Waals surface area (Å²) in [6.45, 7) is 2.44. The van der Waals surface area contributed by atoms with Crippen molar-refractivity contribution in [1.29, 1.82) is 0 Å². The number of halogens is 1. The summed E-state index contributed by atoms with van der Waals surface area (Å²) < 4.78 is 6.79. The van der Waals surface area contributed by atoms with Crippen molar-refractivity contribution >= 4 is 28.5 Å². The summed E-state index contributed by atoms with van der Waals surface area (Å²) in [6, 6.07) is 11.1. The third-order valence-electron chi connectivity index (χ3n) is 2.33. The number of amides is 1. The van der Waals surface area contributed by atoms with Gasteiger partial charge in [0, 0.05) is 22.4 Å². The Morgan fingerprint density at radius 2 is 2.11 bits per heavy atom. The molecular weight excluding hydrogens is 355 g/mol. The molecule has 19 heavy (non-hydrogen) atoms. The van der Waals surface area contributed by atoms with Crippen LogP contribution in [0.1, 0.15) is 17.4 Å². The standard InChI is InChI=1S/C14H13IN2O2/c1-2-16-14(18)13-9-12(6-7-17-13)19-11-5-3-4-10(15)8-11/h3-9H,2H2,1H3,(H,16,18). The highest BCUT2D eigenvalue weighted by Crippen LogP contribution is 2.22. The van der Waals surface area contributed by atoms with Gasteiger partial charge in [0.2, 0.25) is 0 Å². The highest BCUT2D eigenvalue weighted by molar-refractivity contribution is 14.1. The second-order valence-electron chi connectivity index (χ2n) is 3.80. The number of nitrogens with zero attached hydrogens (tertiary/aromatic N) is 1. The molecule has 2 rings (SSSR count). The van der Waals surface area contributed by atoms with Gasteiger partial charge in [0.05, 0.1) is 0 Å². The number of ether oxygens (including phenoxy) is 1. The summed E-state index contributed by atoms with van der Waals surface area (Å²) in [7, 11) is 0. The summed E-state index contributed by atoms with van der Waals surface area (Å²) in [6.07, 6.45) is 1.56. The Morgan fingerprint density at radius 1 is 1.32 bits per heavy atom. The molecule has 1 aromatic heterocycles. The van der Waals surface area contributed by atoms with Gasteiger partial charge < -0.3 is 10.1 Å². The number of nitrogens with one attached hydrogen (secondary N) is 1. The molecule has 2 aromatic rings. The highest BCUT2D eigenvalue weighted by atomic mass is 127. The topological polar surface area (TPSA) is 51.2 Å². The summed E-state index contributed by atoms with van der Waals surface area (Å²) in [5.41, 5.74) is 0.352. The first kappa shape index (κ1) is 13.8. The van der Waals surface area contributed by atoms with Crippen molar-refractivity contribution < 1.29 is 9.53 Å². The number of carbonyl (C=O) groups is 1. The van der Waals surface area contributed by atoms with Crippen LogP contribution in [0.25, 0.3) is 0 Å². The van der Waals surface area contributed by atoms with E-state index < -0.39 is 0 Å². The van der Waals surface area contributed by atoms with E-state index in [9.17, 15) is 4.79 Å². The number of hydrogen-bond acceptors (Lipinski definition) is 3. The van der Waals surface area contributed by atoms with Crippen LogP contribution in [0, 0.1) is 3.57 Å². The zero-order chi connectivity index (χ0) is 13.7. The van der Waals surface area contributed by atoms with Crippen LogP contribution in [0.15, 0.2) is 42.6 Å². The predicted molar refractivity (Wildman–Crippen MR) is 81.5 cm³/mol. The molecule has 1 N–H and O–H groups in total. The molecule has 0 bridgehead atoms. The van der Waals surface area contributed by atoms with E-state index in [1.54, 1.807) is 18.3 Å². The zero-order valence-electron chi connectivity index (χ0n) is 10.4. The third-order valence-corrected chi connectivity index (χ3v) is 3.00. The van der Waals surface area contributed by atoms with E-state index in [0.29, 0.717) is 18.0 Å². The third kappa shape index (κ3) is 3.92. The predicted octanol–water partition coefficient (Wildman–Crippen LogP) is 3.23. The summed E-state index contributed by atoms with van der Waals surface area (Å²) in [5, 5.41) is 2.70. The lowest BCUT2D eigenvalue weighted by Crippen LogP contribution is -2.23. The van der Waals surface area contributed by atoms with Crippen LogP contribution >= 0.6 is 22.6 Å². The van der Waals surface area contributed by atoms with Gasteiger partial charge in [-0.2, -0.15) is 0 Å². The van der Waals surface area contributed by atoms with Crippen LogP contribution < -0.4 is 10.1 Å². The molecule has 0 atom stereocenters. The summed E-state index contributed by atoms with van der Waals surface area (Å²) in [5.74, 6) is 1.13. The Morgan fingerprint density at radius 3 is 2.84 bits per heavy atom. The molecule has 5 heteroatoms. The van der Waals surface area contributed by atoms with Gasteiger partial charge in [0.25, 0.3) is 5.91 Å². The second kappa shape index (κ2) is 6.51. The second-order valence-corrected chi connectivity index (χ2v) is 5.04. The Kier molecular flexibility index (Phi) is 4.73. The van der Waals surface area contributed by atoms with Gasteiger partial charge in [0.15, 0.2) is 0 Å². The first-order chi connectivity index (χ1) is 9.19. The average Bonchev–Trinajstić information content (AvgIpc) is 2.39. The quantitative estimate of drug-likeness (QED) is 0.844. The van der Waals surface area contributed by atoms with E-state index in [0.717, 1.165) is 9.32 Å². The van der Waals surface area contributed by atoms with Gasteiger partial charge in [-0.05, 0) is 53.8 Å². The van der Waals surface area contributed by atoms with Gasteiger partial charge in [-0.3, -0.25) is 9.78 Å². The Bertz CT molecular complexity index is 587. The van der Waals surface area contributed by atoms with Crippen LogP contribution in [0.3, 0.4) is 0 Å². The van der Waals surface area contributed by atoms with E-state index in [1.165, 1.54) is 0 Å². The first-order valence-electron chi connectivity index (χ1n) is 5.86. The molecule has 0 fully saturated rings. The number of hydrogen-bond donors (Lipinski definition) is 1. The molecule has 0 unspecified atom stereocenters. The average molecular weight is 368 g/mol. The van der Waals surface area contributed by atoms with Crippen molar-refractivity contribution in [3.63, 3.8) is 0 Å². The normalized spacial score (nSPS) is 10.0. The largest absolute Gasteiger partial charge is 0.457 e. The van der Waals surface area contributed by atoms with E-state index >= 15 is 0 Å². The van der Waals surface area contributed by atoms with E-state index in [1.807, 2.05) is 31.2 Å². The van der Waals surface area contributed by atoms with Crippen molar-refractivity contribution in [2.24, 2.45) is 0 Å². The highest BCUT2D eigenvalue weighted by Gasteiger charge is 2.07. The van der Waals surface area contributed by atoms with Crippen LogP contribution in [0.4, 0.5) is 0 Å². The monoisotopic (exact) mass is 368 g/mol. The molecule has 1 aromatic carbocycles. The maximum Gasteiger partial charge on any atom is 0.270 e. The molecule has 0 aliphatic heterocycles. The fraction of sp³-hybridized carbons (Fsp3) is 0.143. The number of aromatic nitrogens is 1. The first-order valence-corrected chi connectivity index (χ1v) is 6.94.